The number of likely N-dealkylation sites (tertiary alicyclic amines) is 1. The first-order chi connectivity index (χ1) is 9.83. The Hall–Kier alpha value is -1.60. The molecular weight excluding hydrogens is 250 g/mol. The molecule has 106 valence electrons. The summed E-state index contributed by atoms with van der Waals surface area (Å²) in [5, 5.41) is 8.72. The largest absolute Gasteiger partial charge is 0.489 e. The Labute approximate surface area is 120 Å². The fourth-order valence-electron chi connectivity index (χ4n) is 2.96. The summed E-state index contributed by atoms with van der Waals surface area (Å²) >= 11 is 0. The highest BCUT2D eigenvalue weighted by Gasteiger charge is 2.25. The Morgan fingerprint density at radius 1 is 1.25 bits per heavy atom. The fraction of sp³-hybridized carbons (Fsp3) is 0.625. The molecule has 4 nitrogen and oxygen atoms in total. The summed E-state index contributed by atoms with van der Waals surface area (Å²) < 4.78 is 5.95. The van der Waals surface area contributed by atoms with E-state index in [1.165, 1.54) is 25.8 Å². The van der Waals surface area contributed by atoms with Gasteiger partial charge in [0.15, 0.2) is 0 Å². The minimum Gasteiger partial charge on any atom is -0.489 e. The second kappa shape index (κ2) is 6.23. The summed E-state index contributed by atoms with van der Waals surface area (Å²) in [6, 6.07) is 5.57. The zero-order valence-electron chi connectivity index (χ0n) is 11.8. The van der Waals surface area contributed by atoms with Crippen LogP contribution in [0.15, 0.2) is 18.3 Å². The van der Waals surface area contributed by atoms with Crippen molar-refractivity contribution >= 4 is 0 Å². The maximum Gasteiger partial charge on any atom is 0.140 e. The van der Waals surface area contributed by atoms with Gasteiger partial charge < -0.3 is 9.64 Å². The summed E-state index contributed by atoms with van der Waals surface area (Å²) in [6.07, 6.45) is 8.40. The van der Waals surface area contributed by atoms with Gasteiger partial charge in [-0.2, -0.15) is 5.26 Å². The van der Waals surface area contributed by atoms with E-state index in [-0.39, 0.29) is 0 Å². The van der Waals surface area contributed by atoms with Crippen LogP contribution in [0.4, 0.5) is 0 Å². The van der Waals surface area contributed by atoms with E-state index in [9.17, 15) is 0 Å². The molecule has 1 aliphatic carbocycles. The minimum absolute atomic E-state index is 0.294. The first kappa shape index (κ1) is 13.4. The lowest BCUT2D eigenvalue weighted by molar-refractivity contribution is 0.0802. The van der Waals surface area contributed by atoms with Gasteiger partial charge in [-0.1, -0.05) is 6.42 Å². The Balaban J connectivity index is 1.44. The molecule has 3 rings (SSSR count). The molecule has 2 heterocycles. The van der Waals surface area contributed by atoms with Crippen LogP contribution >= 0.6 is 0 Å². The van der Waals surface area contributed by atoms with Crippen molar-refractivity contribution in [3.8, 4) is 11.8 Å². The topological polar surface area (TPSA) is 49.1 Å². The van der Waals surface area contributed by atoms with E-state index in [1.807, 2.05) is 12.1 Å². The Morgan fingerprint density at radius 3 is 2.60 bits per heavy atom. The molecule has 0 unspecified atom stereocenters. The van der Waals surface area contributed by atoms with Gasteiger partial charge in [-0.3, -0.25) is 0 Å². The van der Waals surface area contributed by atoms with Crippen molar-refractivity contribution in [3.63, 3.8) is 0 Å². The highest BCUT2D eigenvalue weighted by Crippen LogP contribution is 2.28. The summed E-state index contributed by atoms with van der Waals surface area (Å²) in [4.78, 5) is 6.62. The van der Waals surface area contributed by atoms with E-state index >= 15 is 0 Å². The Morgan fingerprint density at radius 2 is 2.05 bits per heavy atom. The van der Waals surface area contributed by atoms with E-state index in [0.29, 0.717) is 11.8 Å². The molecule has 0 atom stereocenters. The van der Waals surface area contributed by atoms with Crippen molar-refractivity contribution < 1.29 is 4.74 Å². The van der Waals surface area contributed by atoms with E-state index < -0.39 is 0 Å². The molecule has 0 radical (unpaired) electrons. The molecule has 0 spiro atoms. The minimum atomic E-state index is 0.294. The van der Waals surface area contributed by atoms with Gasteiger partial charge in [0.2, 0.25) is 0 Å². The van der Waals surface area contributed by atoms with Gasteiger partial charge in [-0.05, 0) is 43.7 Å². The molecule has 20 heavy (non-hydrogen) atoms. The molecule has 2 aliphatic rings. The summed E-state index contributed by atoms with van der Waals surface area (Å²) in [5.41, 5.74) is 0.438. The third-order valence-corrected chi connectivity index (χ3v) is 4.43. The van der Waals surface area contributed by atoms with Gasteiger partial charge >= 0.3 is 0 Å². The van der Waals surface area contributed by atoms with Gasteiger partial charge in [0, 0.05) is 19.6 Å². The van der Waals surface area contributed by atoms with Crippen LogP contribution in [0.3, 0.4) is 0 Å². The van der Waals surface area contributed by atoms with E-state index in [2.05, 4.69) is 9.88 Å². The van der Waals surface area contributed by atoms with Gasteiger partial charge in [0.1, 0.15) is 23.6 Å². The number of hydrogen-bond acceptors (Lipinski definition) is 4. The van der Waals surface area contributed by atoms with Crippen molar-refractivity contribution in [2.24, 2.45) is 5.92 Å². The van der Waals surface area contributed by atoms with E-state index in [4.69, 9.17) is 10.00 Å². The summed E-state index contributed by atoms with van der Waals surface area (Å²) in [5.74, 6) is 1.73. The smallest absolute Gasteiger partial charge is 0.140 e. The lowest BCUT2D eigenvalue weighted by Crippen LogP contribution is -2.41. The number of ether oxygens (including phenoxy) is 1. The normalized spacial score (nSPS) is 21.1. The van der Waals surface area contributed by atoms with Crippen LogP contribution in [-0.4, -0.2) is 35.6 Å². The predicted octanol–water partition coefficient (Wildman–Crippen LogP) is 2.60. The highest BCUT2D eigenvalue weighted by atomic mass is 16.5. The molecule has 1 saturated carbocycles. The van der Waals surface area contributed by atoms with E-state index in [1.54, 1.807) is 12.3 Å². The lowest BCUT2D eigenvalue weighted by Gasteiger charge is -2.36. The van der Waals surface area contributed by atoms with Crippen molar-refractivity contribution in [1.29, 1.82) is 5.26 Å². The molecular formula is C16H21N3O. The maximum absolute atomic E-state index is 8.72. The van der Waals surface area contributed by atoms with Gasteiger partial charge in [-0.25, -0.2) is 4.98 Å². The first-order valence-electron chi connectivity index (χ1n) is 7.58. The average Bonchev–Trinajstić information content (AvgIpc) is 2.45. The first-order valence-corrected chi connectivity index (χ1v) is 7.58. The molecule has 1 aromatic heterocycles. The number of nitriles is 1. The van der Waals surface area contributed by atoms with Crippen LogP contribution in [0.25, 0.3) is 0 Å². The molecule has 4 heteroatoms. The molecule has 0 bridgehead atoms. The zero-order chi connectivity index (χ0) is 13.8. The van der Waals surface area contributed by atoms with E-state index in [0.717, 1.165) is 37.6 Å². The number of rotatable bonds is 4. The molecule has 2 fully saturated rings. The van der Waals surface area contributed by atoms with Crippen LogP contribution < -0.4 is 4.74 Å². The quantitative estimate of drug-likeness (QED) is 0.844. The molecule has 1 aromatic rings. The molecule has 0 N–H and O–H groups in total. The van der Waals surface area contributed by atoms with Crippen molar-refractivity contribution in [2.45, 2.75) is 38.2 Å². The predicted molar refractivity (Wildman–Crippen MR) is 76.4 cm³/mol. The second-order valence-electron chi connectivity index (χ2n) is 5.91. The summed E-state index contributed by atoms with van der Waals surface area (Å²) in [7, 11) is 0. The van der Waals surface area contributed by atoms with Crippen molar-refractivity contribution in [3.05, 3.63) is 24.0 Å². The zero-order valence-corrected chi connectivity index (χ0v) is 11.8. The van der Waals surface area contributed by atoms with Crippen LogP contribution in [0, 0.1) is 17.2 Å². The van der Waals surface area contributed by atoms with Gasteiger partial charge in [-0.15, -0.1) is 0 Å². The number of nitrogens with zero attached hydrogens (tertiary/aromatic N) is 3. The van der Waals surface area contributed by atoms with Crippen LogP contribution in [0.2, 0.25) is 0 Å². The number of pyridine rings is 1. The van der Waals surface area contributed by atoms with Gasteiger partial charge in [0.05, 0.1) is 6.20 Å². The monoisotopic (exact) mass is 271 g/mol. The fourth-order valence-corrected chi connectivity index (χ4v) is 2.96. The Bertz CT molecular complexity index is 467. The molecule has 0 amide bonds. The molecule has 0 aromatic carbocycles. The number of aromatic nitrogens is 1. The highest BCUT2D eigenvalue weighted by molar-refractivity contribution is 5.26. The van der Waals surface area contributed by atoms with Crippen LogP contribution in [-0.2, 0) is 0 Å². The molecule has 1 aliphatic heterocycles. The number of piperidine rings is 1. The van der Waals surface area contributed by atoms with Crippen molar-refractivity contribution in [2.75, 3.05) is 19.6 Å². The lowest BCUT2D eigenvalue weighted by atomic mass is 9.85. The third kappa shape index (κ3) is 3.29. The Kier molecular flexibility index (Phi) is 4.17. The average molecular weight is 271 g/mol. The SMILES string of the molecule is N#Cc1ccc(OC2CCN(CC3CCC3)CC2)cn1. The van der Waals surface area contributed by atoms with Crippen molar-refractivity contribution in [1.82, 2.24) is 9.88 Å². The van der Waals surface area contributed by atoms with Crippen LogP contribution in [0.1, 0.15) is 37.8 Å². The molecule has 1 saturated heterocycles. The summed E-state index contributed by atoms with van der Waals surface area (Å²) in [6.45, 7) is 3.57. The number of hydrogen-bond donors (Lipinski definition) is 0. The third-order valence-electron chi connectivity index (χ3n) is 4.43. The second-order valence-corrected chi connectivity index (χ2v) is 5.91. The van der Waals surface area contributed by atoms with Gasteiger partial charge in [0.25, 0.3) is 0 Å². The van der Waals surface area contributed by atoms with Crippen LogP contribution in [0.5, 0.6) is 5.75 Å². The maximum atomic E-state index is 8.72. The standard InChI is InChI=1S/C16H21N3O/c17-10-14-4-5-16(11-18-14)20-15-6-8-19(9-7-15)12-13-2-1-3-13/h4-5,11,13,15H,1-3,6-9,12H2.